The molecular formula is C15H13N3O2. The molecule has 100 valence electrons. The van der Waals surface area contributed by atoms with Crippen LogP contribution < -0.4 is 5.73 Å². The van der Waals surface area contributed by atoms with Crippen LogP contribution in [0.3, 0.4) is 0 Å². The van der Waals surface area contributed by atoms with Crippen molar-refractivity contribution in [3.8, 4) is 0 Å². The Morgan fingerprint density at radius 1 is 0.950 bits per heavy atom. The average molecular weight is 267 g/mol. The third-order valence-corrected chi connectivity index (χ3v) is 3.30. The van der Waals surface area contributed by atoms with Crippen molar-refractivity contribution in [2.24, 2.45) is 0 Å². The van der Waals surface area contributed by atoms with Crippen molar-refractivity contribution in [2.45, 2.75) is 6.42 Å². The van der Waals surface area contributed by atoms with Gasteiger partial charge in [0.1, 0.15) is 5.82 Å². The summed E-state index contributed by atoms with van der Waals surface area (Å²) in [7, 11) is 0. The van der Waals surface area contributed by atoms with Gasteiger partial charge in [0.15, 0.2) is 0 Å². The number of aromatic nitrogens is 1. The molecule has 0 atom stereocenters. The highest BCUT2D eigenvalue weighted by Gasteiger charge is 2.34. The van der Waals surface area contributed by atoms with E-state index < -0.39 is 0 Å². The molecule has 20 heavy (non-hydrogen) atoms. The normalized spacial score (nSPS) is 13.7. The first-order valence-corrected chi connectivity index (χ1v) is 6.33. The number of anilines is 1. The first kappa shape index (κ1) is 12.3. The Morgan fingerprint density at radius 3 is 2.20 bits per heavy atom. The fourth-order valence-electron chi connectivity index (χ4n) is 2.31. The van der Waals surface area contributed by atoms with Crippen molar-refractivity contribution in [1.29, 1.82) is 0 Å². The summed E-state index contributed by atoms with van der Waals surface area (Å²) in [6.07, 6.45) is 0.497. The number of imide groups is 1. The van der Waals surface area contributed by atoms with Gasteiger partial charge in [-0.1, -0.05) is 18.2 Å². The standard InChI is InChI=1S/C15H13N3O2/c16-13-7-3-4-10(17-13)8-9-18-14(19)11-5-1-2-6-12(11)15(18)20/h1-7H,8-9H2,(H2,16,17). The van der Waals surface area contributed by atoms with Gasteiger partial charge in [-0.15, -0.1) is 0 Å². The Labute approximate surface area is 116 Å². The van der Waals surface area contributed by atoms with Crippen molar-refractivity contribution in [2.75, 3.05) is 12.3 Å². The molecule has 0 bridgehead atoms. The second-order valence-electron chi connectivity index (χ2n) is 4.61. The molecule has 1 aromatic heterocycles. The van der Waals surface area contributed by atoms with E-state index in [9.17, 15) is 9.59 Å². The van der Waals surface area contributed by atoms with E-state index in [0.29, 0.717) is 29.9 Å². The number of rotatable bonds is 3. The summed E-state index contributed by atoms with van der Waals surface area (Å²) in [5.41, 5.74) is 7.31. The van der Waals surface area contributed by atoms with Crippen LogP contribution in [0.5, 0.6) is 0 Å². The number of pyridine rings is 1. The number of amides is 2. The molecule has 0 fully saturated rings. The van der Waals surface area contributed by atoms with Crippen molar-refractivity contribution in [3.63, 3.8) is 0 Å². The molecule has 5 heteroatoms. The van der Waals surface area contributed by atoms with Crippen molar-refractivity contribution in [1.82, 2.24) is 9.88 Å². The molecule has 2 aromatic rings. The Balaban J connectivity index is 1.77. The molecule has 1 aliphatic heterocycles. The number of nitrogens with zero attached hydrogens (tertiary/aromatic N) is 2. The van der Waals surface area contributed by atoms with Crippen molar-refractivity contribution >= 4 is 17.6 Å². The zero-order valence-electron chi connectivity index (χ0n) is 10.7. The maximum absolute atomic E-state index is 12.2. The average Bonchev–Trinajstić information content (AvgIpc) is 2.70. The molecule has 2 amide bonds. The largest absolute Gasteiger partial charge is 0.384 e. The van der Waals surface area contributed by atoms with E-state index >= 15 is 0 Å². The molecule has 0 spiro atoms. The van der Waals surface area contributed by atoms with E-state index in [1.54, 1.807) is 36.4 Å². The highest BCUT2D eigenvalue weighted by molar-refractivity contribution is 6.21. The zero-order chi connectivity index (χ0) is 14.1. The van der Waals surface area contributed by atoms with Crippen LogP contribution in [-0.4, -0.2) is 28.2 Å². The molecule has 0 radical (unpaired) electrons. The van der Waals surface area contributed by atoms with Crippen molar-refractivity contribution in [3.05, 3.63) is 59.3 Å². The predicted molar refractivity (Wildman–Crippen MR) is 74.2 cm³/mol. The van der Waals surface area contributed by atoms with Gasteiger partial charge in [0.25, 0.3) is 11.8 Å². The van der Waals surface area contributed by atoms with E-state index in [4.69, 9.17) is 5.73 Å². The molecule has 3 rings (SSSR count). The van der Waals surface area contributed by atoms with Gasteiger partial charge in [-0.3, -0.25) is 14.5 Å². The Kier molecular flexibility index (Phi) is 2.95. The molecule has 1 aromatic carbocycles. The second kappa shape index (κ2) is 4.77. The minimum atomic E-state index is -0.241. The molecule has 0 saturated heterocycles. The van der Waals surface area contributed by atoms with Gasteiger partial charge in [-0.05, 0) is 24.3 Å². The van der Waals surface area contributed by atoms with Crippen LogP contribution >= 0.6 is 0 Å². The van der Waals surface area contributed by atoms with Gasteiger partial charge in [0, 0.05) is 18.7 Å². The molecular weight excluding hydrogens is 254 g/mol. The lowest BCUT2D eigenvalue weighted by Crippen LogP contribution is -2.31. The number of carbonyl (C=O) groups is 2. The molecule has 2 heterocycles. The smallest absolute Gasteiger partial charge is 0.261 e. The van der Waals surface area contributed by atoms with E-state index in [0.717, 1.165) is 5.69 Å². The lowest BCUT2D eigenvalue weighted by atomic mass is 10.1. The summed E-state index contributed by atoms with van der Waals surface area (Å²) in [6.45, 7) is 0.308. The summed E-state index contributed by atoms with van der Waals surface area (Å²) < 4.78 is 0. The van der Waals surface area contributed by atoms with Crippen LogP contribution in [0.15, 0.2) is 42.5 Å². The highest BCUT2D eigenvalue weighted by Crippen LogP contribution is 2.22. The fourth-order valence-corrected chi connectivity index (χ4v) is 2.31. The van der Waals surface area contributed by atoms with Gasteiger partial charge in [-0.2, -0.15) is 0 Å². The molecule has 2 N–H and O–H groups in total. The summed E-state index contributed by atoms with van der Waals surface area (Å²) in [5, 5.41) is 0. The fraction of sp³-hybridized carbons (Fsp3) is 0.133. The number of benzene rings is 1. The van der Waals surface area contributed by atoms with Crippen LogP contribution in [-0.2, 0) is 6.42 Å². The third-order valence-electron chi connectivity index (χ3n) is 3.30. The van der Waals surface area contributed by atoms with Gasteiger partial charge in [-0.25, -0.2) is 4.98 Å². The lowest BCUT2D eigenvalue weighted by molar-refractivity contribution is 0.0656. The third kappa shape index (κ3) is 2.03. The Bertz CT molecular complexity index is 662. The summed E-state index contributed by atoms with van der Waals surface area (Å²) in [5.74, 6) is -0.0473. The predicted octanol–water partition coefficient (Wildman–Crippen LogP) is 1.50. The van der Waals surface area contributed by atoms with E-state index in [1.807, 2.05) is 6.07 Å². The molecule has 0 unspecified atom stereocenters. The second-order valence-corrected chi connectivity index (χ2v) is 4.61. The Morgan fingerprint density at radius 2 is 1.60 bits per heavy atom. The summed E-state index contributed by atoms with van der Waals surface area (Å²) >= 11 is 0. The minimum Gasteiger partial charge on any atom is -0.384 e. The molecule has 0 aliphatic carbocycles. The molecule has 5 nitrogen and oxygen atoms in total. The van der Waals surface area contributed by atoms with Crippen LogP contribution in [0, 0.1) is 0 Å². The summed E-state index contributed by atoms with van der Waals surface area (Å²) in [6, 6.07) is 12.2. The number of carbonyl (C=O) groups excluding carboxylic acids is 2. The quantitative estimate of drug-likeness (QED) is 0.855. The van der Waals surface area contributed by atoms with Gasteiger partial charge >= 0.3 is 0 Å². The first-order chi connectivity index (χ1) is 9.66. The SMILES string of the molecule is Nc1cccc(CCN2C(=O)c3ccccc3C2=O)n1. The number of hydrogen-bond donors (Lipinski definition) is 1. The topological polar surface area (TPSA) is 76.3 Å². The highest BCUT2D eigenvalue weighted by atomic mass is 16.2. The lowest BCUT2D eigenvalue weighted by Gasteiger charge is -2.13. The van der Waals surface area contributed by atoms with Crippen LogP contribution in [0.4, 0.5) is 5.82 Å². The summed E-state index contributed by atoms with van der Waals surface area (Å²) in [4.78, 5) is 29.7. The number of hydrogen-bond acceptors (Lipinski definition) is 4. The molecule has 0 saturated carbocycles. The minimum absolute atomic E-state index is 0.241. The number of fused-ring (bicyclic) bond motifs is 1. The van der Waals surface area contributed by atoms with E-state index in [2.05, 4.69) is 4.98 Å². The van der Waals surface area contributed by atoms with Gasteiger partial charge in [0.05, 0.1) is 11.1 Å². The van der Waals surface area contributed by atoms with E-state index in [-0.39, 0.29) is 11.8 Å². The van der Waals surface area contributed by atoms with Gasteiger partial charge < -0.3 is 5.73 Å². The zero-order valence-corrected chi connectivity index (χ0v) is 10.7. The molecule has 1 aliphatic rings. The van der Waals surface area contributed by atoms with E-state index in [1.165, 1.54) is 4.90 Å². The maximum atomic E-state index is 12.2. The number of nitrogen functional groups attached to an aromatic ring is 1. The van der Waals surface area contributed by atoms with Crippen molar-refractivity contribution < 1.29 is 9.59 Å². The Hall–Kier alpha value is -2.69. The van der Waals surface area contributed by atoms with Crippen LogP contribution in [0.2, 0.25) is 0 Å². The van der Waals surface area contributed by atoms with Gasteiger partial charge in [0.2, 0.25) is 0 Å². The number of nitrogens with two attached hydrogens (primary N) is 1. The van der Waals surface area contributed by atoms with Crippen LogP contribution in [0.25, 0.3) is 0 Å². The first-order valence-electron chi connectivity index (χ1n) is 6.33. The maximum Gasteiger partial charge on any atom is 0.261 e. The van der Waals surface area contributed by atoms with Crippen LogP contribution in [0.1, 0.15) is 26.4 Å². The monoisotopic (exact) mass is 267 g/mol.